The highest BCUT2D eigenvalue weighted by Gasteiger charge is 2.67. The number of aliphatic hydroxyl groups excluding tert-OH is 2. The molecule has 2 aliphatic heterocycles. The Labute approximate surface area is 103 Å². The van der Waals surface area contributed by atoms with Gasteiger partial charge in [0.25, 0.3) is 0 Å². The van der Waals surface area contributed by atoms with Crippen molar-refractivity contribution in [3.63, 3.8) is 0 Å². The monoisotopic (exact) mass is 244 g/mol. The van der Waals surface area contributed by atoms with Crippen LogP contribution in [0.2, 0.25) is 0 Å². The summed E-state index contributed by atoms with van der Waals surface area (Å²) in [6, 6.07) is 0. The highest BCUT2D eigenvalue weighted by molar-refractivity contribution is 5.17. The molecular weight excluding hydrogens is 220 g/mol. The Balaban J connectivity index is 2.43. The lowest BCUT2D eigenvalue weighted by molar-refractivity contribution is -0.237. The van der Waals surface area contributed by atoms with Crippen LogP contribution in [0.25, 0.3) is 0 Å². The van der Waals surface area contributed by atoms with Gasteiger partial charge < -0.3 is 20.1 Å². The first kappa shape index (κ1) is 13.3. The molecule has 2 rings (SSSR count). The second kappa shape index (κ2) is 3.23. The predicted octanol–water partition coefficient (Wildman–Crippen LogP) is 0.827. The number of ether oxygens (including phenoxy) is 1. The maximum absolute atomic E-state index is 10.9. The first-order valence-electron chi connectivity index (χ1n) is 6.22. The predicted molar refractivity (Wildman–Crippen MR) is 63.5 cm³/mol. The van der Waals surface area contributed by atoms with Gasteiger partial charge in [0.15, 0.2) is 0 Å². The number of aliphatic hydroxyl groups is 3. The van der Waals surface area contributed by atoms with Crippen molar-refractivity contribution in [1.82, 2.24) is 0 Å². The molecule has 0 unspecified atom stereocenters. The van der Waals surface area contributed by atoms with Gasteiger partial charge in [-0.05, 0) is 19.3 Å². The van der Waals surface area contributed by atoms with Crippen LogP contribution in [0.5, 0.6) is 0 Å². The number of rotatable bonds is 0. The Morgan fingerprint density at radius 1 is 1.00 bits per heavy atom. The highest BCUT2D eigenvalue weighted by Crippen LogP contribution is 2.56. The molecule has 0 aromatic carbocycles. The summed E-state index contributed by atoms with van der Waals surface area (Å²) < 4.78 is 5.83. The van der Waals surface area contributed by atoms with Crippen molar-refractivity contribution >= 4 is 0 Å². The lowest BCUT2D eigenvalue weighted by Gasteiger charge is -2.51. The molecule has 2 saturated heterocycles. The van der Waals surface area contributed by atoms with E-state index in [0.29, 0.717) is 12.8 Å². The van der Waals surface area contributed by atoms with Crippen molar-refractivity contribution in [2.45, 2.75) is 76.5 Å². The molecule has 2 aliphatic rings. The van der Waals surface area contributed by atoms with Crippen LogP contribution in [0.3, 0.4) is 0 Å². The molecule has 0 radical (unpaired) electrons. The minimum absolute atomic E-state index is 0.316. The molecule has 0 saturated carbocycles. The topological polar surface area (TPSA) is 69.9 Å². The fourth-order valence-electron chi connectivity index (χ4n) is 3.36. The van der Waals surface area contributed by atoms with Gasteiger partial charge in [0, 0.05) is 12.8 Å². The van der Waals surface area contributed by atoms with Crippen molar-refractivity contribution in [2.24, 2.45) is 5.41 Å². The summed E-state index contributed by atoms with van der Waals surface area (Å²) in [5.74, 6) is 0. The molecule has 0 aromatic heterocycles. The lowest BCUT2D eigenvalue weighted by Crippen LogP contribution is -2.58. The Bertz CT molecular complexity index is 313. The van der Waals surface area contributed by atoms with E-state index in [1.807, 2.05) is 20.8 Å². The van der Waals surface area contributed by atoms with E-state index in [0.717, 1.165) is 0 Å². The van der Waals surface area contributed by atoms with E-state index in [1.54, 1.807) is 13.8 Å². The normalized spacial score (nSPS) is 55.1. The standard InChI is InChI=1S/C13H24O4/c1-10(2,3)13(16)6-11(4)8(14)9(15)12(5,7-13)17-11/h8-9,14-16H,6-7H2,1-5H3/t8-,9+,11+,12-,13+. The van der Waals surface area contributed by atoms with Crippen LogP contribution >= 0.6 is 0 Å². The van der Waals surface area contributed by atoms with Crippen LogP contribution in [-0.4, -0.2) is 44.3 Å². The molecule has 17 heavy (non-hydrogen) atoms. The molecule has 100 valence electrons. The summed E-state index contributed by atoms with van der Waals surface area (Å²) in [4.78, 5) is 0. The maximum Gasteiger partial charge on any atom is 0.111 e. The minimum Gasteiger partial charge on any atom is -0.389 e. The van der Waals surface area contributed by atoms with E-state index in [4.69, 9.17) is 4.74 Å². The SMILES string of the molecule is CC(C)(C)[C@@]1(O)C[C@@]2(C)O[C@@](C)(C1)[C@H](O)[C@@H]2O. The Hall–Kier alpha value is -0.160. The first-order chi connectivity index (χ1) is 7.44. The van der Waals surface area contributed by atoms with Gasteiger partial charge in [-0.25, -0.2) is 0 Å². The van der Waals surface area contributed by atoms with Gasteiger partial charge in [0.05, 0.1) is 16.8 Å². The molecule has 0 aromatic rings. The van der Waals surface area contributed by atoms with Crippen LogP contribution in [0.15, 0.2) is 0 Å². The molecule has 2 fully saturated rings. The van der Waals surface area contributed by atoms with Gasteiger partial charge in [-0.15, -0.1) is 0 Å². The molecule has 5 atom stereocenters. The second-order valence-electron chi connectivity index (χ2n) is 7.25. The van der Waals surface area contributed by atoms with Crippen LogP contribution in [0.1, 0.15) is 47.5 Å². The average Bonchev–Trinajstić information content (AvgIpc) is 2.22. The molecule has 2 bridgehead atoms. The molecule has 4 heteroatoms. The van der Waals surface area contributed by atoms with Crippen molar-refractivity contribution in [1.29, 1.82) is 0 Å². The van der Waals surface area contributed by atoms with Crippen molar-refractivity contribution < 1.29 is 20.1 Å². The van der Waals surface area contributed by atoms with Gasteiger partial charge in [-0.1, -0.05) is 20.8 Å². The van der Waals surface area contributed by atoms with Crippen molar-refractivity contribution in [3.8, 4) is 0 Å². The largest absolute Gasteiger partial charge is 0.389 e. The summed E-state index contributed by atoms with van der Waals surface area (Å²) >= 11 is 0. The summed E-state index contributed by atoms with van der Waals surface area (Å²) in [6.07, 6.45) is -1.19. The van der Waals surface area contributed by atoms with Crippen LogP contribution in [0, 0.1) is 5.41 Å². The molecule has 4 nitrogen and oxygen atoms in total. The quantitative estimate of drug-likeness (QED) is 0.590. The summed E-state index contributed by atoms with van der Waals surface area (Å²) in [5.41, 5.74) is -2.99. The molecular formula is C13H24O4. The van der Waals surface area contributed by atoms with E-state index in [1.165, 1.54) is 0 Å². The molecule has 0 amide bonds. The van der Waals surface area contributed by atoms with Crippen LogP contribution < -0.4 is 0 Å². The molecule has 2 heterocycles. The summed E-state index contributed by atoms with van der Waals surface area (Å²) in [7, 11) is 0. The highest BCUT2D eigenvalue weighted by atomic mass is 16.6. The van der Waals surface area contributed by atoms with Crippen molar-refractivity contribution in [2.75, 3.05) is 0 Å². The van der Waals surface area contributed by atoms with E-state index < -0.39 is 29.0 Å². The van der Waals surface area contributed by atoms with Gasteiger partial charge in [0.1, 0.15) is 12.2 Å². The Kier molecular flexibility index (Phi) is 2.53. The lowest BCUT2D eigenvalue weighted by atomic mass is 9.66. The van der Waals surface area contributed by atoms with Crippen molar-refractivity contribution in [3.05, 3.63) is 0 Å². The van der Waals surface area contributed by atoms with E-state index >= 15 is 0 Å². The molecule has 3 N–H and O–H groups in total. The minimum atomic E-state index is -0.941. The maximum atomic E-state index is 10.9. The average molecular weight is 244 g/mol. The zero-order valence-corrected chi connectivity index (χ0v) is 11.3. The Morgan fingerprint density at radius 2 is 1.35 bits per heavy atom. The first-order valence-corrected chi connectivity index (χ1v) is 6.22. The number of hydrogen-bond donors (Lipinski definition) is 3. The van der Waals surface area contributed by atoms with Crippen LogP contribution in [-0.2, 0) is 4.74 Å². The number of fused-ring (bicyclic) bond motifs is 2. The smallest absolute Gasteiger partial charge is 0.111 e. The van der Waals surface area contributed by atoms with E-state index in [9.17, 15) is 15.3 Å². The summed E-state index contributed by atoms with van der Waals surface area (Å²) in [5, 5.41) is 31.1. The molecule has 0 aliphatic carbocycles. The van der Waals surface area contributed by atoms with Gasteiger partial charge >= 0.3 is 0 Å². The van der Waals surface area contributed by atoms with E-state index in [2.05, 4.69) is 0 Å². The summed E-state index contributed by atoms with van der Waals surface area (Å²) in [6.45, 7) is 9.46. The van der Waals surface area contributed by atoms with Gasteiger partial charge in [0.2, 0.25) is 0 Å². The zero-order valence-electron chi connectivity index (χ0n) is 11.3. The third kappa shape index (κ3) is 1.65. The molecule has 0 spiro atoms. The number of hydrogen-bond acceptors (Lipinski definition) is 4. The Morgan fingerprint density at radius 3 is 1.65 bits per heavy atom. The van der Waals surface area contributed by atoms with Gasteiger partial charge in [-0.2, -0.15) is 0 Å². The fourth-order valence-corrected chi connectivity index (χ4v) is 3.36. The fraction of sp³-hybridized carbons (Fsp3) is 1.00. The van der Waals surface area contributed by atoms with Crippen LogP contribution in [0.4, 0.5) is 0 Å². The van der Waals surface area contributed by atoms with E-state index in [-0.39, 0.29) is 5.41 Å². The third-order valence-corrected chi connectivity index (χ3v) is 4.70. The second-order valence-corrected chi connectivity index (χ2v) is 7.25. The van der Waals surface area contributed by atoms with Gasteiger partial charge in [-0.3, -0.25) is 0 Å². The zero-order chi connectivity index (χ0) is 13.3. The third-order valence-electron chi connectivity index (χ3n) is 4.70.